The van der Waals surface area contributed by atoms with Crippen LogP contribution in [-0.2, 0) is 0 Å². The van der Waals surface area contributed by atoms with Crippen molar-refractivity contribution < 1.29 is 9.90 Å². The van der Waals surface area contributed by atoms with Gasteiger partial charge in [0.2, 0.25) is 0 Å². The Morgan fingerprint density at radius 1 is 0.510 bits per heavy atom. The van der Waals surface area contributed by atoms with Crippen molar-refractivity contribution in [2.75, 3.05) is 0 Å². The van der Waals surface area contributed by atoms with Crippen LogP contribution < -0.4 is 0 Å². The Hall–Kier alpha value is -6.63. The SMILES string of the molecule is [2H]c1c([2H])c(-c2nc(-c3ccccc3)nc(-c3ccc4c(c3)oc3ccccc34)n2)c([2H])c(-n2c3ccccc3c3c4c(ccc32)sc2ccccc24)c1[2H]. The molecule has 0 bridgehead atoms. The van der Waals surface area contributed by atoms with Crippen molar-refractivity contribution in [3.8, 4) is 39.9 Å². The summed E-state index contributed by atoms with van der Waals surface area (Å²) in [5.41, 5.74) is 4.70. The molecule has 5 nitrogen and oxygen atoms in total. The van der Waals surface area contributed by atoms with Crippen LogP contribution in [0.25, 0.3) is 104 Å². The Balaban J connectivity index is 1.19. The van der Waals surface area contributed by atoms with Crippen LogP contribution in [0, 0.1) is 0 Å². The van der Waals surface area contributed by atoms with Gasteiger partial charge in [0.25, 0.3) is 0 Å². The van der Waals surface area contributed by atoms with E-state index in [4.69, 9.17) is 20.7 Å². The first-order valence-electron chi connectivity index (χ1n) is 18.6. The minimum absolute atomic E-state index is 0.0506. The molecule has 0 saturated carbocycles. The molecule has 51 heavy (non-hydrogen) atoms. The Kier molecular flexibility index (Phi) is 5.25. The zero-order valence-electron chi connectivity index (χ0n) is 30.8. The summed E-state index contributed by atoms with van der Waals surface area (Å²) in [7, 11) is 0. The lowest BCUT2D eigenvalue weighted by Gasteiger charge is -2.11. The van der Waals surface area contributed by atoms with E-state index in [2.05, 4.69) is 24.3 Å². The van der Waals surface area contributed by atoms with E-state index in [-0.39, 0.29) is 41.2 Å². The number of nitrogens with zero attached hydrogens (tertiary/aromatic N) is 4. The molecule has 238 valence electrons. The van der Waals surface area contributed by atoms with Crippen LogP contribution in [0.4, 0.5) is 0 Å². The summed E-state index contributed by atoms with van der Waals surface area (Å²) in [5.74, 6) is 0.762. The Bertz CT molecular complexity index is 3390. The summed E-state index contributed by atoms with van der Waals surface area (Å²) in [6.07, 6.45) is 0. The average molecular weight is 675 g/mol. The van der Waals surface area contributed by atoms with Crippen molar-refractivity contribution in [3.05, 3.63) is 158 Å². The molecule has 0 saturated heterocycles. The van der Waals surface area contributed by atoms with Crippen molar-refractivity contribution in [2.24, 2.45) is 0 Å². The van der Waals surface area contributed by atoms with E-state index in [1.807, 2.05) is 114 Å². The molecular formula is C45H26N4OS. The van der Waals surface area contributed by atoms with E-state index in [1.165, 1.54) is 4.70 Å². The number of furan rings is 1. The van der Waals surface area contributed by atoms with Crippen LogP contribution in [0.3, 0.4) is 0 Å². The van der Waals surface area contributed by atoms with Crippen molar-refractivity contribution >= 4 is 75.3 Å². The Morgan fingerprint density at radius 2 is 1.22 bits per heavy atom. The fraction of sp³-hybridized carbons (Fsp3) is 0. The van der Waals surface area contributed by atoms with Gasteiger partial charge < -0.3 is 8.98 Å². The van der Waals surface area contributed by atoms with Gasteiger partial charge in [0.05, 0.1) is 16.5 Å². The fourth-order valence-electron chi connectivity index (χ4n) is 7.27. The fourth-order valence-corrected chi connectivity index (χ4v) is 8.38. The topological polar surface area (TPSA) is 56.7 Å². The van der Waals surface area contributed by atoms with Gasteiger partial charge in [-0.05, 0) is 54.5 Å². The number of thiophene rings is 1. The van der Waals surface area contributed by atoms with Gasteiger partial charge in [-0.25, -0.2) is 15.0 Å². The van der Waals surface area contributed by atoms with Gasteiger partial charge in [-0.2, -0.15) is 0 Å². The second-order valence-corrected chi connectivity index (χ2v) is 13.6. The highest BCUT2D eigenvalue weighted by Gasteiger charge is 2.19. The van der Waals surface area contributed by atoms with Crippen LogP contribution in [0.2, 0.25) is 0 Å². The third kappa shape index (κ3) is 4.37. The van der Waals surface area contributed by atoms with E-state index in [0.29, 0.717) is 22.8 Å². The van der Waals surface area contributed by atoms with Gasteiger partial charge in [0, 0.05) is 64.1 Å². The predicted molar refractivity (Wildman–Crippen MR) is 211 cm³/mol. The summed E-state index contributed by atoms with van der Waals surface area (Å²) < 4.78 is 47.9. The maximum Gasteiger partial charge on any atom is 0.164 e. The summed E-state index contributed by atoms with van der Waals surface area (Å²) >= 11 is 1.73. The third-order valence-electron chi connectivity index (χ3n) is 9.54. The van der Waals surface area contributed by atoms with Gasteiger partial charge in [-0.1, -0.05) is 103 Å². The smallest absolute Gasteiger partial charge is 0.164 e. The molecule has 0 aliphatic heterocycles. The first-order chi connectivity index (χ1) is 26.9. The van der Waals surface area contributed by atoms with E-state index in [9.17, 15) is 4.11 Å². The lowest BCUT2D eigenvalue weighted by molar-refractivity contribution is 0.669. The maximum absolute atomic E-state index is 9.82. The van der Waals surface area contributed by atoms with Crippen molar-refractivity contribution in [1.82, 2.24) is 19.5 Å². The number of para-hydroxylation sites is 2. The first kappa shape index (κ1) is 24.5. The second-order valence-electron chi connectivity index (χ2n) is 12.5. The number of benzene rings is 7. The number of hydrogen-bond acceptors (Lipinski definition) is 5. The minimum Gasteiger partial charge on any atom is -0.456 e. The molecule has 11 rings (SSSR count). The standard InChI is InChI=1S/C45H26N4OS/c1-2-11-27(12-3-1)43-46-44(48-45(47-43)29-21-22-32-31-15-5-8-19-37(31)50-38(32)26-29)28-13-10-14-30(25-28)49-35-18-7-4-16-33(35)41-36(49)23-24-40-42(41)34-17-6-9-20-39(34)51-40/h1-26H/i10D,13D,14D,25D. The Morgan fingerprint density at radius 3 is 2.10 bits per heavy atom. The first-order valence-corrected chi connectivity index (χ1v) is 17.4. The summed E-state index contributed by atoms with van der Waals surface area (Å²) in [4.78, 5) is 14.7. The molecule has 0 fully saturated rings. The minimum atomic E-state index is -0.319. The highest BCUT2D eigenvalue weighted by Crippen LogP contribution is 2.43. The highest BCUT2D eigenvalue weighted by molar-refractivity contribution is 7.26. The zero-order chi connectivity index (χ0) is 36.9. The van der Waals surface area contributed by atoms with Crippen molar-refractivity contribution in [1.29, 1.82) is 0 Å². The lowest BCUT2D eigenvalue weighted by Crippen LogP contribution is -2.01. The lowest BCUT2D eigenvalue weighted by atomic mass is 10.1. The molecule has 0 aliphatic carbocycles. The van der Waals surface area contributed by atoms with Crippen molar-refractivity contribution in [3.63, 3.8) is 0 Å². The number of hydrogen-bond donors (Lipinski definition) is 0. The van der Waals surface area contributed by atoms with Gasteiger partial charge in [-0.15, -0.1) is 11.3 Å². The largest absolute Gasteiger partial charge is 0.456 e. The predicted octanol–water partition coefficient (Wildman–Crippen LogP) is 12.2. The van der Waals surface area contributed by atoms with Gasteiger partial charge in [-0.3, -0.25) is 0 Å². The molecule has 7 aromatic carbocycles. The molecule has 0 spiro atoms. The molecule has 0 amide bonds. The van der Waals surface area contributed by atoms with Crippen molar-refractivity contribution in [2.45, 2.75) is 0 Å². The van der Waals surface area contributed by atoms with Gasteiger partial charge in [0.1, 0.15) is 11.2 Å². The maximum atomic E-state index is 9.82. The number of fused-ring (bicyclic) bond motifs is 10. The van der Waals surface area contributed by atoms with E-state index >= 15 is 0 Å². The molecular weight excluding hydrogens is 645 g/mol. The third-order valence-corrected chi connectivity index (χ3v) is 10.7. The normalized spacial score (nSPS) is 13.0. The van der Waals surface area contributed by atoms with E-state index in [0.717, 1.165) is 59.2 Å². The van der Waals surface area contributed by atoms with E-state index in [1.54, 1.807) is 11.3 Å². The molecule has 4 heterocycles. The van der Waals surface area contributed by atoms with Crippen LogP contribution >= 0.6 is 11.3 Å². The summed E-state index contributed by atoms with van der Waals surface area (Å²) in [6.45, 7) is 0. The molecule has 6 heteroatoms. The molecule has 0 atom stereocenters. The number of rotatable bonds is 4. The quantitative estimate of drug-likeness (QED) is 0.186. The second kappa shape index (κ2) is 10.9. The monoisotopic (exact) mass is 674 g/mol. The molecule has 11 aromatic rings. The number of aromatic nitrogens is 4. The van der Waals surface area contributed by atoms with E-state index < -0.39 is 0 Å². The van der Waals surface area contributed by atoms with Crippen LogP contribution in [0.15, 0.2) is 162 Å². The molecule has 0 N–H and O–H groups in total. The Labute approximate surface area is 301 Å². The highest BCUT2D eigenvalue weighted by atomic mass is 32.1. The molecule has 4 aromatic heterocycles. The molecule has 0 radical (unpaired) electrons. The van der Waals surface area contributed by atoms with Crippen LogP contribution in [0.1, 0.15) is 5.48 Å². The molecule has 0 unspecified atom stereocenters. The van der Waals surface area contributed by atoms with Crippen LogP contribution in [0.5, 0.6) is 0 Å². The summed E-state index contributed by atoms with van der Waals surface area (Å²) in [6, 6.07) is 42.7. The summed E-state index contributed by atoms with van der Waals surface area (Å²) in [5, 5.41) is 6.22. The van der Waals surface area contributed by atoms with Gasteiger partial charge >= 0.3 is 0 Å². The van der Waals surface area contributed by atoms with Gasteiger partial charge in [0.15, 0.2) is 17.5 Å². The average Bonchev–Trinajstić information content (AvgIpc) is 3.90. The molecule has 0 aliphatic rings. The zero-order valence-corrected chi connectivity index (χ0v) is 27.6. The van der Waals surface area contributed by atoms with Crippen LogP contribution in [-0.4, -0.2) is 19.5 Å².